The van der Waals surface area contributed by atoms with Crippen LogP contribution in [-0.2, 0) is 0 Å². The number of nitrogens with zero attached hydrogens (tertiary/aromatic N) is 1. The van der Waals surface area contributed by atoms with Crippen LogP contribution >= 0.6 is 0 Å². The molecule has 0 unspecified atom stereocenters. The molecule has 1 aromatic carbocycles. The summed E-state index contributed by atoms with van der Waals surface area (Å²) in [6.07, 6.45) is 1.35. The average molecular weight is 202 g/mol. The van der Waals surface area contributed by atoms with E-state index in [4.69, 9.17) is 0 Å². The summed E-state index contributed by atoms with van der Waals surface area (Å²) in [6.45, 7) is 5.76. The van der Waals surface area contributed by atoms with Crippen LogP contribution in [-0.4, -0.2) is 25.7 Å². The quantitative estimate of drug-likeness (QED) is 0.747. The Bertz CT molecular complexity index is 344. The Labute approximate surface area is 91.3 Å². The largest absolute Gasteiger partial charge is 0.367 e. The van der Waals surface area contributed by atoms with Crippen LogP contribution in [0.1, 0.15) is 12.0 Å². The van der Waals surface area contributed by atoms with Crippen LogP contribution in [0.15, 0.2) is 24.3 Å². The first-order valence-corrected chi connectivity index (χ1v) is 5.88. The molecule has 0 amide bonds. The molecule has 80 valence electrons. The van der Waals surface area contributed by atoms with E-state index in [1.807, 2.05) is 0 Å². The Balaban J connectivity index is 1.85. The second-order valence-electron chi connectivity index (χ2n) is 4.80. The van der Waals surface area contributed by atoms with Crippen LogP contribution in [0.5, 0.6) is 0 Å². The summed E-state index contributed by atoms with van der Waals surface area (Å²) in [4.78, 5) is 2.57. The molecule has 2 fully saturated rings. The average Bonchev–Trinajstić information content (AvgIpc) is 2.80. The second kappa shape index (κ2) is 3.53. The van der Waals surface area contributed by atoms with Gasteiger partial charge in [0.25, 0.3) is 0 Å². The molecule has 0 aliphatic carbocycles. The highest BCUT2D eigenvalue weighted by atomic mass is 15.2. The number of hydrogen-bond donors (Lipinski definition) is 1. The van der Waals surface area contributed by atoms with Gasteiger partial charge in [0.15, 0.2) is 0 Å². The normalized spacial score (nSPS) is 29.5. The molecule has 0 spiro atoms. The highest BCUT2D eigenvalue weighted by molar-refractivity contribution is 5.50. The van der Waals surface area contributed by atoms with Crippen LogP contribution in [0.2, 0.25) is 0 Å². The molecule has 15 heavy (non-hydrogen) atoms. The van der Waals surface area contributed by atoms with E-state index in [0.29, 0.717) is 0 Å². The Morgan fingerprint density at radius 3 is 2.80 bits per heavy atom. The molecule has 0 bridgehead atoms. The minimum Gasteiger partial charge on any atom is -0.367 e. The van der Waals surface area contributed by atoms with Crippen molar-refractivity contribution in [3.05, 3.63) is 29.8 Å². The SMILES string of the molecule is Cc1ccc(N2CC[C@@H]3CNC[C@@H]32)cc1. The van der Waals surface area contributed by atoms with Crippen molar-refractivity contribution in [2.24, 2.45) is 5.92 Å². The van der Waals surface area contributed by atoms with Gasteiger partial charge in [0.1, 0.15) is 0 Å². The third-order valence-electron chi connectivity index (χ3n) is 3.81. The molecule has 2 aliphatic heterocycles. The van der Waals surface area contributed by atoms with Gasteiger partial charge in [0, 0.05) is 31.4 Å². The van der Waals surface area contributed by atoms with Gasteiger partial charge in [-0.05, 0) is 31.4 Å². The summed E-state index contributed by atoms with van der Waals surface area (Å²) < 4.78 is 0. The van der Waals surface area contributed by atoms with E-state index in [0.717, 1.165) is 12.0 Å². The van der Waals surface area contributed by atoms with Crippen LogP contribution in [0.25, 0.3) is 0 Å². The standard InChI is InChI=1S/C13H18N2/c1-10-2-4-12(5-3-10)15-7-6-11-8-14-9-13(11)15/h2-5,11,13-14H,6-9H2,1H3/t11-,13+/m1/s1. The van der Waals surface area contributed by atoms with E-state index in [1.54, 1.807) is 0 Å². The number of aryl methyl sites for hydroxylation is 1. The van der Waals surface area contributed by atoms with E-state index in [2.05, 4.69) is 41.4 Å². The molecule has 2 heterocycles. The van der Waals surface area contributed by atoms with Crippen molar-refractivity contribution < 1.29 is 0 Å². The van der Waals surface area contributed by atoms with Crippen molar-refractivity contribution in [3.63, 3.8) is 0 Å². The molecular weight excluding hydrogens is 184 g/mol. The van der Waals surface area contributed by atoms with Crippen molar-refractivity contribution in [3.8, 4) is 0 Å². The van der Waals surface area contributed by atoms with Crippen LogP contribution < -0.4 is 10.2 Å². The lowest BCUT2D eigenvalue weighted by Gasteiger charge is -2.25. The number of nitrogens with one attached hydrogen (secondary N) is 1. The van der Waals surface area contributed by atoms with E-state index in [9.17, 15) is 0 Å². The maximum atomic E-state index is 3.49. The molecule has 1 N–H and O–H groups in total. The molecule has 2 heteroatoms. The maximum absolute atomic E-state index is 3.49. The zero-order chi connectivity index (χ0) is 10.3. The zero-order valence-corrected chi connectivity index (χ0v) is 9.24. The molecule has 0 radical (unpaired) electrons. The molecule has 2 aliphatic rings. The van der Waals surface area contributed by atoms with Gasteiger partial charge in [-0.2, -0.15) is 0 Å². The molecule has 0 saturated carbocycles. The molecule has 0 aromatic heterocycles. The maximum Gasteiger partial charge on any atom is 0.0455 e. The lowest BCUT2D eigenvalue weighted by atomic mass is 10.0. The topological polar surface area (TPSA) is 15.3 Å². The number of anilines is 1. The minimum atomic E-state index is 0.743. The molecule has 2 atom stereocenters. The highest BCUT2D eigenvalue weighted by Gasteiger charge is 2.37. The third-order valence-corrected chi connectivity index (χ3v) is 3.81. The number of hydrogen-bond acceptors (Lipinski definition) is 2. The van der Waals surface area contributed by atoms with Crippen molar-refractivity contribution in [2.45, 2.75) is 19.4 Å². The van der Waals surface area contributed by atoms with Gasteiger partial charge in [-0.3, -0.25) is 0 Å². The first-order chi connectivity index (χ1) is 7.34. The van der Waals surface area contributed by atoms with Crippen molar-refractivity contribution in [1.82, 2.24) is 5.32 Å². The van der Waals surface area contributed by atoms with Gasteiger partial charge in [-0.15, -0.1) is 0 Å². The summed E-state index contributed by atoms with van der Waals surface area (Å²) in [5, 5.41) is 3.49. The summed E-state index contributed by atoms with van der Waals surface area (Å²) >= 11 is 0. The van der Waals surface area contributed by atoms with Gasteiger partial charge >= 0.3 is 0 Å². The minimum absolute atomic E-state index is 0.743. The monoisotopic (exact) mass is 202 g/mol. The molecule has 3 rings (SSSR count). The van der Waals surface area contributed by atoms with Gasteiger partial charge in [0.05, 0.1) is 0 Å². The Kier molecular flexibility index (Phi) is 2.17. The predicted molar refractivity (Wildman–Crippen MR) is 63.3 cm³/mol. The van der Waals surface area contributed by atoms with Gasteiger partial charge < -0.3 is 10.2 Å². The van der Waals surface area contributed by atoms with Gasteiger partial charge in [-0.1, -0.05) is 17.7 Å². The Morgan fingerprint density at radius 2 is 2.00 bits per heavy atom. The van der Waals surface area contributed by atoms with Crippen molar-refractivity contribution >= 4 is 5.69 Å². The lowest BCUT2D eigenvalue weighted by molar-refractivity contribution is 0.578. The first kappa shape index (κ1) is 9.22. The fourth-order valence-electron chi connectivity index (χ4n) is 2.91. The van der Waals surface area contributed by atoms with E-state index in [1.165, 1.54) is 37.3 Å². The molecule has 2 saturated heterocycles. The van der Waals surface area contributed by atoms with E-state index in [-0.39, 0.29) is 0 Å². The molecule has 2 nitrogen and oxygen atoms in total. The third kappa shape index (κ3) is 1.53. The van der Waals surface area contributed by atoms with E-state index >= 15 is 0 Å². The first-order valence-electron chi connectivity index (χ1n) is 5.88. The summed E-state index contributed by atoms with van der Waals surface area (Å²) in [6, 6.07) is 9.69. The zero-order valence-electron chi connectivity index (χ0n) is 9.24. The fraction of sp³-hybridized carbons (Fsp3) is 0.538. The van der Waals surface area contributed by atoms with Crippen LogP contribution in [0.3, 0.4) is 0 Å². The smallest absolute Gasteiger partial charge is 0.0455 e. The Morgan fingerprint density at radius 1 is 1.20 bits per heavy atom. The summed E-state index contributed by atoms with van der Waals surface area (Å²) in [7, 11) is 0. The fourth-order valence-corrected chi connectivity index (χ4v) is 2.91. The van der Waals surface area contributed by atoms with Crippen molar-refractivity contribution in [1.29, 1.82) is 0 Å². The second-order valence-corrected chi connectivity index (χ2v) is 4.80. The highest BCUT2D eigenvalue weighted by Crippen LogP contribution is 2.31. The predicted octanol–water partition coefficient (Wildman–Crippen LogP) is 1.79. The van der Waals surface area contributed by atoms with Crippen LogP contribution in [0.4, 0.5) is 5.69 Å². The number of rotatable bonds is 1. The van der Waals surface area contributed by atoms with Crippen LogP contribution in [0, 0.1) is 12.8 Å². The van der Waals surface area contributed by atoms with E-state index < -0.39 is 0 Å². The summed E-state index contributed by atoms with van der Waals surface area (Å²) in [5.74, 6) is 0.881. The lowest BCUT2D eigenvalue weighted by Crippen LogP contribution is -2.33. The van der Waals surface area contributed by atoms with Crippen molar-refractivity contribution in [2.75, 3.05) is 24.5 Å². The number of benzene rings is 1. The summed E-state index contributed by atoms with van der Waals surface area (Å²) in [5.41, 5.74) is 2.75. The molecule has 1 aromatic rings. The van der Waals surface area contributed by atoms with Gasteiger partial charge in [-0.25, -0.2) is 0 Å². The molecular formula is C13H18N2. The number of fused-ring (bicyclic) bond motifs is 1. The Hall–Kier alpha value is -1.02. The van der Waals surface area contributed by atoms with Gasteiger partial charge in [0.2, 0.25) is 0 Å².